The molecule has 4 rings (SSSR count). The van der Waals surface area contributed by atoms with Gasteiger partial charge in [0.1, 0.15) is 6.33 Å². The largest absolute Gasteiger partial charge is 0.417 e. The van der Waals surface area contributed by atoms with E-state index in [1.807, 2.05) is 0 Å². The third kappa shape index (κ3) is 3.04. The van der Waals surface area contributed by atoms with Crippen molar-refractivity contribution in [1.29, 1.82) is 0 Å². The van der Waals surface area contributed by atoms with Gasteiger partial charge in [0.2, 0.25) is 0 Å². The van der Waals surface area contributed by atoms with Crippen molar-refractivity contribution in [2.24, 2.45) is 7.05 Å². The van der Waals surface area contributed by atoms with Gasteiger partial charge in [0, 0.05) is 19.4 Å². The van der Waals surface area contributed by atoms with Gasteiger partial charge in [-0.15, -0.1) is 0 Å². The van der Waals surface area contributed by atoms with Gasteiger partial charge in [-0.3, -0.25) is 4.68 Å². The highest BCUT2D eigenvalue weighted by Gasteiger charge is 2.35. The van der Waals surface area contributed by atoms with Crippen LogP contribution in [0.4, 0.5) is 19.0 Å². The minimum absolute atomic E-state index is 0.00590. The van der Waals surface area contributed by atoms with Gasteiger partial charge in [0.05, 0.1) is 22.5 Å². The Morgan fingerprint density at radius 1 is 1.07 bits per heavy atom. The second-order valence-corrected chi connectivity index (χ2v) is 6.11. The molecule has 0 amide bonds. The molecule has 28 heavy (non-hydrogen) atoms. The summed E-state index contributed by atoms with van der Waals surface area (Å²) in [7, 11) is 1.60. The highest BCUT2D eigenvalue weighted by Crippen LogP contribution is 2.38. The summed E-state index contributed by atoms with van der Waals surface area (Å²) in [6.45, 7) is 1.75. The highest BCUT2D eigenvalue weighted by molar-refractivity contribution is 5.93. The number of nitrogens with one attached hydrogen (secondary N) is 1. The summed E-state index contributed by atoms with van der Waals surface area (Å²) in [6.07, 6.45) is -0.0385. The fraction of sp³-hybridized carbons (Fsp3) is 0.235. The molecule has 0 aliphatic rings. The summed E-state index contributed by atoms with van der Waals surface area (Å²) in [5.41, 5.74) is -0.377. The normalized spacial score (nSPS) is 13.0. The van der Waals surface area contributed by atoms with E-state index in [0.717, 1.165) is 6.07 Å². The van der Waals surface area contributed by atoms with Gasteiger partial charge >= 0.3 is 6.18 Å². The van der Waals surface area contributed by atoms with Gasteiger partial charge in [-0.05, 0) is 25.1 Å². The summed E-state index contributed by atoms with van der Waals surface area (Å²) in [6, 6.07) is 5.16. The molecule has 0 fully saturated rings. The molecule has 3 heterocycles. The first kappa shape index (κ1) is 17.9. The number of alkyl halides is 3. The Morgan fingerprint density at radius 2 is 1.82 bits per heavy atom. The Balaban J connectivity index is 1.75. The van der Waals surface area contributed by atoms with Crippen molar-refractivity contribution in [3.05, 3.63) is 54.4 Å². The minimum atomic E-state index is -4.50. The molecule has 0 saturated carbocycles. The zero-order chi connectivity index (χ0) is 19.9. The summed E-state index contributed by atoms with van der Waals surface area (Å²) in [4.78, 5) is 12.4. The molecule has 0 aliphatic carbocycles. The predicted molar refractivity (Wildman–Crippen MR) is 94.7 cm³/mol. The molecule has 1 atom stereocenters. The number of benzene rings is 1. The summed E-state index contributed by atoms with van der Waals surface area (Å²) in [5, 5.41) is 11.4. The molecule has 0 saturated heterocycles. The van der Waals surface area contributed by atoms with E-state index in [1.54, 1.807) is 38.5 Å². The van der Waals surface area contributed by atoms with E-state index in [2.05, 4.69) is 30.5 Å². The van der Waals surface area contributed by atoms with Crippen LogP contribution in [0.25, 0.3) is 16.9 Å². The van der Waals surface area contributed by atoms with Crippen LogP contribution >= 0.6 is 0 Å². The van der Waals surface area contributed by atoms with Crippen LogP contribution in [0.5, 0.6) is 0 Å². The zero-order valence-electron chi connectivity index (χ0n) is 14.9. The zero-order valence-corrected chi connectivity index (χ0v) is 14.9. The number of fused-ring (bicyclic) bond motifs is 1. The van der Waals surface area contributed by atoms with E-state index in [4.69, 9.17) is 0 Å². The lowest BCUT2D eigenvalue weighted by Gasteiger charge is -2.15. The molecular weight excluding hydrogens is 373 g/mol. The minimum Gasteiger partial charge on any atom is -0.358 e. The van der Waals surface area contributed by atoms with E-state index < -0.39 is 17.8 Å². The van der Waals surface area contributed by atoms with E-state index in [1.165, 1.54) is 21.8 Å². The van der Waals surface area contributed by atoms with Crippen LogP contribution in [0, 0.1) is 0 Å². The molecule has 144 valence electrons. The Bertz CT molecular complexity index is 1120. The maximum absolute atomic E-state index is 13.5. The molecule has 3 aromatic heterocycles. The van der Waals surface area contributed by atoms with Gasteiger partial charge in [-0.2, -0.15) is 28.1 Å². The van der Waals surface area contributed by atoms with Crippen molar-refractivity contribution in [1.82, 2.24) is 34.5 Å². The third-order valence-electron chi connectivity index (χ3n) is 4.24. The summed E-state index contributed by atoms with van der Waals surface area (Å²) in [5.74, 6) is 0.862. The van der Waals surface area contributed by atoms with Crippen LogP contribution in [0.15, 0.2) is 43.0 Å². The number of nitrogens with zero attached hydrogens (tertiary/aromatic N) is 7. The van der Waals surface area contributed by atoms with Crippen molar-refractivity contribution < 1.29 is 13.2 Å². The molecule has 11 heteroatoms. The molecular formula is C17H15F3N8. The summed E-state index contributed by atoms with van der Waals surface area (Å²) >= 11 is 0. The number of hydrogen-bond acceptors (Lipinski definition) is 6. The molecule has 0 aliphatic heterocycles. The Hall–Kier alpha value is -3.50. The fourth-order valence-electron chi connectivity index (χ4n) is 3.02. The van der Waals surface area contributed by atoms with Crippen molar-refractivity contribution in [2.45, 2.75) is 19.1 Å². The first-order valence-electron chi connectivity index (χ1n) is 8.33. The Labute approximate surface area is 157 Å². The lowest BCUT2D eigenvalue weighted by Crippen LogP contribution is -2.16. The number of anilines is 1. The summed E-state index contributed by atoms with van der Waals surface area (Å²) < 4.78 is 43.3. The number of hydrogen-bond donors (Lipinski definition) is 1. The van der Waals surface area contributed by atoms with Crippen LogP contribution in [-0.4, -0.2) is 34.5 Å². The maximum atomic E-state index is 13.5. The van der Waals surface area contributed by atoms with Crippen LogP contribution in [0.3, 0.4) is 0 Å². The van der Waals surface area contributed by atoms with Crippen LogP contribution < -0.4 is 5.32 Å². The van der Waals surface area contributed by atoms with Gasteiger partial charge < -0.3 is 5.32 Å². The molecule has 4 aromatic rings. The van der Waals surface area contributed by atoms with Crippen molar-refractivity contribution in [3.8, 4) is 5.95 Å². The maximum Gasteiger partial charge on any atom is 0.417 e. The number of aromatic nitrogens is 7. The Morgan fingerprint density at radius 3 is 2.54 bits per heavy atom. The molecule has 8 nitrogen and oxygen atoms in total. The van der Waals surface area contributed by atoms with Crippen molar-refractivity contribution in [3.63, 3.8) is 0 Å². The topological polar surface area (TPSA) is 86.3 Å². The second kappa shape index (κ2) is 6.59. The van der Waals surface area contributed by atoms with Crippen LogP contribution in [-0.2, 0) is 13.2 Å². The average Bonchev–Trinajstić information content (AvgIpc) is 3.27. The molecule has 0 bridgehead atoms. The van der Waals surface area contributed by atoms with Crippen LogP contribution in [0.2, 0.25) is 0 Å². The lowest BCUT2D eigenvalue weighted by atomic mass is 10.1. The van der Waals surface area contributed by atoms with E-state index >= 15 is 0 Å². The van der Waals surface area contributed by atoms with Gasteiger partial charge in [0.15, 0.2) is 11.6 Å². The average molecular weight is 388 g/mol. The molecule has 1 N–H and O–H groups in total. The fourth-order valence-corrected chi connectivity index (χ4v) is 3.02. The standard InChI is InChI=1S/C17H15F3N8/c1-10(15-23-9-24-28(15)16-21-7-4-8-22-16)25-14-13-11(17(18,19)20)5-3-6-12(13)27(2)26-14/h3-10H,1-2H3,(H,25,26). The SMILES string of the molecule is CC(Nc1nn(C)c2cccc(C(F)(F)F)c12)c1ncnn1-c1ncccn1. The van der Waals surface area contributed by atoms with E-state index in [0.29, 0.717) is 17.3 Å². The van der Waals surface area contributed by atoms with Crippen molar-refractivity contribution in [2.75, 3.05) is 5.32 Å². The number of aryl methyl sites for hydroxylation is 1. The quantitative estimate of drug-likeness (QED) is 0.578. The third-order valence-corrected chi connectivity index (χ3v) is 4.24. The van der Waals surface area contributed by atoms with E-state index in [-0.39, 0.29) is 11.2 Å². The first-order chi connectivity index (χ1) is 13.4. The van der Waals surface area contributed by atoms with Gasteiger partial charge in [-0.1, -0.05) is 6.07 Å². The highest BCUT2D eigenvalue weighted by atomic mass is 19.4. The number of rotatable bonds is 4. The van der Waals surface area contributed by atoms with Crippen molar-refractivity contribution >= 4 is 16.7 Å². The monoisotopic (exact) mass is 388 g/mol. The molecule has 1 aromatic carbocycles. The Kier molecular flexibility index (Phi) is 4.21. The number of halogens is 3. The predicted octanol–water partition coefficient (Wildman–Crippen LogP) is 3.14. The molecule has 0 radical (unpaired) electrons. The second-order valence-electron chi connectivity index (χ2n) is 6.11. The van der Waals surface area contributed by atoms with Crippen LogP contribution in [0.1, 0.15) is 24.4 Å². The lowest BCUT2D eigenvalue weighted by molar-refractivity contribution is -0.136. The van der Waals surface area contributed by atoms with Gasteiger partial charge in [0.25, 0.3) is 5.95 Å². The van der Waals surface area contributed by atoms with E-state index in [9.17, 15) is 13.2 Å². The first-order valence-corrected chi connectivity index (χ1v) is 8.33. The molecule has 1 unspecified atom stereocenters. The molecule has 0 spiro atoms. The smallest absolute Gasteiger partial charge is 0.358 e. The van der Waals surface area contributed by atoms with Gasteiger partial charge in [-0.25, -0.2) is 15.0 Å².